The molecular weight excluding hydrogens is 432 g/mol. The zero-order valence-electron chi connectivity index (χ0n) is 15.1. The van der Waals surface area contributed by atoms with Crippen LogP contribution in [0.25, 0.3) is 0 Å². The molecule has 0 aliphatic heterocycles. The van der Waals surface area contributed by atoms with Crippen molar-refractivity contribution < 1.29 is 19.5 Å². The molecule has 0 aliphatic rings. The zero-order chi connectivity index (χ0) is 16.6. The Labute approximate surface area is 203 Å². The van der Waals surface area contributed by atoms with Gasteiger partial charge in [0.05, 0.1) is 26.2 Å². The van der Waals surface area contributed by atoms with E-state index in [1.165, 1.54) is 82.0 Å². The van der Waals surface area contributed by atoms with Crippen molar-refractivity contribution in [2.75, 3.05) is 26.2 Å². The van der Waals surface area contributed by atoms with Gasteiger partial charge in [0.1, 0.15) is 0 Å². The normalized spacial score (nSPS) is 9.91. The van der Waals surface area contributed by atoms with E-state index in [1.807, 2.05) is 0 Å². The molecule has 0 bridgehead atoms. The molecule has 0 saturated carbocycles. The third-order valence-corrected chi connectivity index (χ3v) is 3.94. The molecular formula is C17H40IKNO3+. The fourth-order valence-electron chi connectivity index (χ4n) is 2.64. The number of nitrogens with zero attached hydrogens (tertiary/aromatic N) is 1. The Bertz CT molecular complexity index is 202. The minimum absolute atomic E-state index is 0. The van der Waals surface area contributed by atoms with Gasteiger partial charge in [0.2, 0.25) is 0 Å². The molecule has 0 heterocycles. The Morgan fingerprint density at radius 2 is 0.870 bits per heavy atom. The molecule has 2 N–H and O–H groups in total. The van der Waals surface area contributed by atoms with Crippen LogP contribution in [0.2, 0.25) is 0 Å². The van der Waals surface area contributed by atoms with E-state index < -0.39 is 6.16 Å². The van der Waals surface area contributed by atoms with Crippen LogP contribution in [0.4, 0.5) is 4.79 Å². The van der Waals surface area contributed by atoms with E-state index >= 15 is 0 Å². The first-order chi connectivity index (χ1) is 9.97. The summed E-state index contributed by atoms with van der Waals surface area (Å²) in [5.74, 6) is 0. The molecule has 0 spiro atoms. The van der Waals surface area contributed by atoms with Gasteiger partial charge >= 0.3 is 57.5 Å². The second-order valence-electron chi connectivity index (χ2n) is 5.93. The van der Waals surface area contributed by atoms with Crippen LogP contribution in [0, 0.1) is 0 Å². The average molecular weight is 473 g/mol. The number of hydrogen-bond donors (Lipinski definition) is 2. The minimum atomic E-state index is -1.83. The Morgan fingerprint density at radius 1 is 0.696 bits per heavy atom. The number of carbonyl (C=O) groups is 1. The molecule has 23 heavy (non-hydrogen) atoms. The standard InChI is InChI=1S/C16H36N.CH2O3.HI.K.H/c1-5-9-13-17(14-10-6-2,15-11-7-3)16-12-8-4;2-1(3)4;;;/h5-16H2,1-4H3;(H2,2,3,4);1H;;/q+1;;;;. The average Bonchev–Trinajstić information content (AvgIpc) is 2.45. The summed E-state index contributed by atoms with van der Waals surface area (Å²) in [5, 5.41) is 13.9. The number of unbranched alkanes of at least 4 members (excludes halogenated alkanes) is 4. The SMILES string of the molecule is CCCC[N+](CCCC)(CCCC)CCCC.I.O=C(O)O.[KH]. The monoisotopic (exact) mass is 472 g/mol. The van der Waals surface area contributed by atoms with Crippen molar-refractivity contribution in [2.45, 2.75) is 79.1 Å². The molecule has 0 rings (SSSR count). The van der Waals surface area contributed by atoms with E-state index in [-0.39, 0.29) is 75.4 Å². The Hall–Kier alpha value is 1.60. The molecule has 0 aromatic carbocycles. The first-order valence-corrected chi connectivity index (χ1v) is 8.74. The van der Waals surface area contributed by atoms with E-state index in [0.717, 1.165) is 0 Å². The number of quaternary nitrogens is 1. The van der Waals surface area contributed by atoms with Crippen molar-refractivity contribution in [2.24, 2.45) is 0 Å². The third kappa shape index (κ3) is 23.6. The van der Waals surface area contributed by atoms with E-state index in [0.29, 0.717) is 0 Å². The zero-order valence-corrected chi connectivity index (χ0v) is 17.5. The van der Waals surface area contributed by atoms with Gasteiger partial charge in [-0.15, -0.1) is 24.0 Å². The van der Waals surface area contributed by atoms with Gasteiger partial charge in [-0.2, -0.15) is 0 Å². The summed E-state index contributed by atoms with van der Waals surface area (Å²) in [4.78, 5) is 8.56. The van der Waals surface area contributed by atoms with Crippen LogP contribution >= 0.6 is 24.0 Å². The maximum absolute atomic E-state index is 8.56. The van der Waals surface area contributed by atoms with E-state index in [4.69, 9.17) is 15.0 Å². The summed E-state index contributed by atoms with van der Waals surface area (Å²) in [6, 6.07) is 0. The van der Waals surface area contributed by atoms with Gasteiger partial charge in [-0.05, 0) is 25.7 Å². The number of rotatable bonds is 12. The topological polar surface area (TPSA) is 57.5 Å². The fraction of sp³-hybridized carbons (Fsp3) is 0.941. The first-order valence-electron chi connectivity index (χ1n) is 8.74. The summed E-state index contributed by atoms with van der Waals surface area (Å²) in [5.41, 5.74) is 0. The molecule has 6 heteroatoms. The molecule has 0 fully saturated rings. The van der Waals surface area contributed by atoms with E-state index in [1.54, 1.807) is 0 Å². The van der Waals surface area contributed by atoms with E-state index in [2.05, 4.69) is 27.7 Å². The van der Waals surface area contributed by atoms with Gasteiger partial charge in [0.15, 0.2) is 0 Å². The Morgan fingerprint density at radius 3 is 1.00 bits per heavy atom. The Balaban J connectivity index is -0.000000268. The second-order valence-corrected chi connectivity index (χ2v) is 5.93. The van der Waals surface area contributed by atoms with Crippen LogP contribution in [0.5, 0.6) is 0 Å². The molecule has 0 atom stereocenters. The molecule has 138 valence electrons. The van der Waals surface area contributed by atoms with Crippen LogP contribution in [0.3, 0.4) is 0 Å². The third-order valence-electron chi connectivity index (χ3n) is 3.94. The molecule has 0 aliphatic carbocycles. The quantitative estimate of drug-likeness (QED) is 0.233. The summed E-state index contributed by atoms with van der Waals surface area (Å²) in [7, 11) is 0. The molecule has 0 radical (unpaired) electrons. The van der Waals surface area contributed by atoms with Crippen molar-refractivity contribution in [3.05, 3.63) is 0 Å². The molecule has 0 amide bonds. The van der Waals surface area contributed by atoms with Gasteiger partial charge in [0.25, 0.3) is 0 Å². The van der Waals surface area contributed by atoms with E-state index in [9.17, 15) is 0 Å². The molecule has 0 aromatic heterocycles. The summed E-state index contributed by atoms with van der Waals surface area (Å²) >= 11 is 0. The predicted octanol–water partition coefficient (Wildman–Crippen LogP) is 5.20. The summed E-state index contributed by atoms with van der Waals surface area (Å²) < 4.78 is 1.42. The van der Waals surface area contributed by atoms with Crippen LogP contribution in [0.15, 0.2) is 0 Å². The van der Waals surface area contributed by atoms with Crippen molar-refractivity contribution in [3.63, 3.8) is 0 Å². The predicted molar refractivity (Wildman–Crippen MR) is 113 cm³/mol. The van der Waals surface area contributed by atoms with Gasteiger partial charge in [-0.25, -0.2) is 4.79 Å². The van der Waals surface area contributed by atoms with Crippen LogP contribution in [0.1, 0.15) is 79.1 Å². The van der Waals surface area contributed by atoms with Crippen molar-refractivity contribution in [1.29, 1.82) is 0 Å². The number of hydrogen-bond acceptors (Lipinski definition) is 1. The summed E-state index contributed by atoms with van der Waals surface area (Å²) in [6.07, 6.45) is 9.23. The van der Waals surface area contributed by atoms with Crippen molar-refractivity contribution in [1.82, 2.24) is 0 Å². The molecule has 0 aromatic rings. The van der Waals surface area contributed by atoms with Gasteiger partial charge in [-0.3, -0.25) is 0 Å². The number of carboxylic acid groups (broad SMARTS) is 2. The van der Waals surface area contributed by atoms with Gasteiger partial charge in [0, 0.05) is 0 Å². The van der Waals surface area contributed by atoms with Crippen LogP contribution in [-0.2, 0) is 0 Å². The van der Waals surface area contributed by atoms with Crippen LogP contribution in [-0.4, -0.2) is 98.4 Å². The van der Waals surface area contributed by atoms with Gasteiger partial charge < -0.3 is 14.7 Å². The number of halogens is 1. The summed E-state index contributed by atoms with van der Waals surface area (Å²) in [6.45, 7) is 15.0. The first kappa shape index (κ1) is 32.3. The van der Waals surface area contributed by atoms with Crippen molar-refractivity contribution >= 4 is 81.5 Å². The van der Waals surface area contributed by atoms with Gasteiger partial charge in [-0.1, -0.05) is 53.4 Å². The van der Waals surface area contributed by atoms with Crippen molar-refractivity contribution in [3.8, 4) is 0 Å². The van der Waals surface area contributed by atoms with Crippen LogP contribution < -0.4 is 0 Å². The maximum atomic E-state index is 8.56. The molecule has 0 unspecified atom stereocenters. The molecule has 4 nitrogen and oxygen atoms in total. The fourth-order valence-corrected chi connectivity index (χ4v) is 2.64. The second kappa shape index (κ2) is 23.6. The Kier molecular flexibility index (Phi) is 33.1. The molecule has 0 saturated heterocycles.